The van der Waals surface area contributed by atoms with Crippen molar-refractivity contribution in [3.05, 3.63) is 30.3 Å². The molecule has 0 bridgehead atoms. The van der Waals surface area contributed by atoms with Gasteiger partial charge in [-0.15, -0.1) is 0 Å². The molecule has 0 aliphatic rings. The van der Waals surface area contributed by atoms with E-state index in [0.29, 0.717) is 32.8 Å². The molecule has 0 aliphatic carbocycles. The van der Waals surface area contributed by atoms with E-state index in [1.54, 1.807) is 7.11 Å². The molecule has 0 spiro atoms. The molecule has 4 N–H and O–H groups in total. The number of hydrogen-bond acceptors (Lipinski definition) is 7. The van der Waals surface area contributed by atoms with Crippen LogP contribution in [0, 0.1) is 0 Å². The first-order chi connectivity index (χ1) is 12.1. The lowest BCUT2D eigenvalue weighted by atomic mass is 10.1. The van der Waals surface area contributed by atoms with Crippen molar-refractivity contribution in [3.63, 3.8) is 0 Å². The average Bonchev–Trinajstić information content (AvgIpc) is 2.62. The van der Waals surface area contributed by atoms with E-state index in [4.69, 9.17) is 14.6 Å². The summed E-state index contributed by atoms with van der Waals surface area (Å²) in [5.41, 5.74) is 0. The Morgan fingerprint density at radius 1 is 1.00 bits per heavy atom. The van der Waals surface area contributed by atoms with Crippen LogP contribution >= 0.6 is 0 Å². The van der Waals surface area contributed by atoms with Crippen LogP contribution in [0.3, 0.4) is 0 Å². The largest absolute Gasteiger partial charge is 0.494 e. The third-order valence-corrected chi connectivity index (χ3v) is 3.86. The topological polar surface area (TPSA) is 103 Å². The number of nitrogens with zero attached hydrogens (tertiary/aromatic N) is 1. The number of hydrogen-bond donors (Lipinski definition) is 4. The molecule has 0 aliphatic heterocycles. The fourth-order valence-electron chi connectivity index (χ4n) is 2.44. The maximum absolute atomic E-state index is 10.1. The normalized spacial score (nSPS) is 15.1. The van der Waals surface area contributed by atoms with E-state index in [1.165, 1.54) is 0 Å². The van der Waals surface area contributed by atoms with Gasteiger partial charge in [0.1, 0.15) is 11.9 Å². The van der Waals surface area contributed by atoms with E-state index in [-0.39, 0.29) is 6.42 Å². The Morgan fingerprint density at radius 2 is 1.72 bits per heavy atom. The van der Waals surface area contributed by atoms with Gasteiger partial charge in [0.2, 0.25) is 0 Å². The first-order valence-electron chi connectivity index (χ1n) is 8.61. The summed E-state index contributed by atoms with van der Waals surface area (Å²) in [6.07, 6.45) is -2.39. The van der Waals surface area contributed by atoms with Gasteiger partial charge in [0.15, 0.2) is 0 Å². The minimum atomic E-state index is -1.23. The highest BCUT2D eigenvalue weighted by molar-refractivity contribution is 5.20. The smallest absolute Gasteiger partial charge is 0.119 e. The van der Waals surface area contributed by atoms with Gasteiger partial charge < -0.3 is 29.9 Å². The van der Waals surface area contributed by atoms with Crippen molar-refractivity contribution < 1.29 is 29.9 Å². The first kappa shape index (κ1) is 21.8. The number of para-hydroxylation sites is 1. The molecule has 0 heterocycles. The number of aliphatic hydroxyl groups is 4. The molecule has 1 aromatic rings. The van der Waals surface area contributed by atoms with Crippen LogP contribution in [-0.4, -0.2) is 90.2 Å². The number of benzene rings is 1. The molecule has 0 unspecified atom stereocenters. The van der Waals surface area contributed by atoms with E-state index < -0.39 is 24.9 Å². The van der Waals surface area contributed by atoms with Crippen LogP contribution in [0.1, 0.15) is 12.8 Å². The number of methoxy groups -OCH3 is 1. The third kappa shape index (κ3) is 9.74. The molecule has 3 atom stereocenters. The number of ether oxygens (including phenoxy) is 2. The maximum atomic E-state index is 10.1. The van der Waals surface area contributed by atoms with Crippen LogP contribution in [0.15, 0.2) is 30.3 Å². The highest BCUT2D eigenvalue weighted by Gasteiger charge is 2.21. The second-order valence-electron chi connectivity index (χ2n) is 6.02. The fraction of sp³-hybridized carbons (Fsp3) is 0.667. The average molecular weight is 357 g/mol. The Balaban J connectivity index is 2.34. The number of rotatable bonds is 14. The monoisotopic (exact) mass is 357 g/mol. The molecule has 1 aromatic carbocycles. The zero-order chi connectivity index (χ0) is 18.5. The summed E-state index contributed by atoms with van der Waals surface area (Å²) in [7, 11) is 1.62. The zero-order valence-corrected chi connectivity index (χ0v) is 14.8. The molecular weight excluding hydrogens is 326 g/mol. The molecular formula is C18H31NO6. The van der Waals surface area contributed by atoms with Gasteiger partial charge in [-0.2, -0.15) is 0 Å². The highest BCUT2D eigenvalue weighted by atomic mass is 16.5. The van der Waals surface area contributed by atoms with Gasteiger partial charge in [-0.3, -0.25) is 4.90 Å². The fourth-order valence-corrected chi connectivity index (χ4v) is 2.44. The summed E-state index contributed by atoms with van der Waals surface area (Å²) in [4.78, 5) is 2.03. The molecule has 0 radical (unpaired) electrons. The standard InChI is InChI=1S/C18H31NO6/c1-24-11-9-19(13-15(21)12-17(22)18(23)14-20)8-5-10-25-16-6-3-2-4-7-16/h2-4,6-7,15,17-18,20-23H,5,8-14H2,1H3/t15-,17+,18-/m1/s1. The van der Waals surface area contributed by atoms with Gasteiger partial charge in [-0.25, -0.2) is 0 Å². The van der Waals surface area contributed by atoms with E-state index >= 15 is 0 Å². The van der Waals surface area contributed by atoms with Gasteiger partial charge in [-0.1, -0.05) is 18.2 Å². The molecule has 0 aromatic heterocycles. The van der Waals surface area contributed by atoms with Crippen LogP contribution in [0.5, 0.6) is 5.75 Å². The minimum Gasteiger partial charge on any atom is -0.494 e. The molecule has 144 valence electrons. The summed E-state index contributed by atoms with van der Waals surface area (Å²) in [5, 5.41) is 38.0. The summed E-state index contributed by atoms with van der Waals surface area (Å²) in [6.45, 7) is 2.29. The van der Waals surface area contributed by atoms with Gasteiger partial charge in [0, 0.05) is 33.2 Å². The lowest BCUT2D eigenvalue weighted by Crippen LogP contribution is -2.40. The second-order valence-corrected chi connectivity index (χ2v) is 6.02. The van der Waals surface area contributed by atoms with Gasteiger partial charge in [0.25, 0.3) is 0 Å². The number of aliphatic hydroxyl groups excluding tert-OH is 4. The Bertz CT molecular complexity index is 433. The second kappa shape index (κ2) is 13.0. The van der Waals surface area contributed by atoms with Gasteiger partial charge in [-0.05, 0) is 18.6 Å². The summed E-state index contributed by atoms with van der Waals surface area (Å²) in [5.74, 6) is 0.826. The van der Waals surface area contributed by atoms with Gasteiger partial charge in [0.05, 0.1) is 32.0 Å². The predicted octanol–water partition coefficient (Wildman–Crippen LogP) is -0.131. The van der Waals surface area contributed by atoms with Crippen LogP contribution in [-0.2, 0) is 4.74 Å². The van der Waals surface area contributed by atoms with Crippen molar-refractivity contribution >= 4 is 0 Å². The van der Waals surface area contributed by atoms with Crippen molar-refractivity contribution in [1.29, 1.82) is 0 Å². The van der Waals surface area contributed by atoms with Crippen molar-refractivity contribution in [3.8, 4) is 5.75 Å². The molecule has 7 heteroatoms. The van der Waals surface area contributed by atoms with Crippen LogP contribution in [0.4, 0.5) is 0 Å². The molecule has 0 saturated heterocycles. The Morgan fingerprint density at radius 3 is 2.36 bits per heavy atom. The van der Waals surface area contributed by atoms with Crippen molar-refractivity contribution in [1.82, 2.24) is 4.90 Å². The third-order valence-electron chi connectivity index (χ3n) is 3.86. The van der Waals surface area contributed by atoms with E-state index in [9.17, 15) is 15.3 Å². The zero-order valence-electron chi connectivity index (χ0n) is 14.8. The lowest BCUT2D eigenvalue weighted by Gasteiger charge is -2.26. The maximum Gasteiger partial charge on any atom is 0.119 e. The van der Waals surface area contributed by atoms with Gasteiger partial charge >= 0.3 is 0 Å². The summed E-state index contributed by atoms with van der Waals surface area (Å²) < 4.78 is 10.7. The molecule has 0 amide bonds. The van der Waals surface area contributed by atoms with E-state index in [2.05, 4.69) is 0 Å². The predicted molar refractivity (Wildman–Crippen MR) is 94.6 cm³/mol. The van der Waals surface area contributed by atoms with E-state index in [0.717, 1.165) is 12.2 Å². The Kier molecular flexibility index (Phi) is 11.4. The molecule has 25 heavy (non-hydrogen) atoms. The van der Waals surface area contributed by atoms with E-state index in [1.807, 2.05) is 35.2 Å². The lowest BCUT2D eigenvalue weighted by molar-refractivity contribution is -0.0412. The van der Waals surface area contributed by atoms with Crippen molar-refractivity contribution in [2.75, 3.05) is 46.6 Å². The van der Waals surface area contributed by atoms with Crippen molar-refractivity contribution in [2.24, 2.45) is 0 Å². The van der Waals surface area contributed by atoms with Crippen LogP contribution < -0.4 is 4.74 Å². The van der Waals surface area contributed by atoms with Crippen LogP contribution in [0.2, 0.25) is 0 Å². The summed E-state index contributed by atoms with van der Waals surface area (Å²) >= 11 is 0. The quantitative estimate of drug-likeness (QED) is 0.344. The SMILES string of the molecule is COCCN(CCCOc1ccccc1)C[C@H](O)C[C@H](O)[C@H](O)CO. The summed E-state index contributed by atoms with van der Waals surface area (Å²) in [6, 6.07) is 9.58. The molecule has 0 saturated carbocycles. The molecule has 7 nitrogen and oxygen atoms in total. The van der Waals surface area contributed by atoms with Crippen molar-refractivity contribution in [2.45, 2.75) is 31.2 Å². The Labute approximate surface area is 149 Å². The van der Waals surface area contributed by atoms with Crippen LogP contribution in [0.25, 0.3) is 0 Å². The molecule has 0 fully saturated rings. The molecule has 1 rings (SSSR count). The first-order valence-corrected chi connectivity index (χ1v) is 8.61. The minimum absolute atomic E-state index is 0.00568. The highest BCUT2D eigenvalue weighted by Crippen LogP contribution is 2.09. The Hall–Kier alpha value is -1.22.